The van der Waals surface area contributed by atoms with Crippen LogP contribution in [0.4, 0.5) is 0 Å². The Morgan fingerprint density at radius 1 is 0.714 bits per heavy atom. The molecule has 0 saturated carbocycles. The molecule has 0 aromatic rings. The van der Waals surface area contributed by atoms with E-state index < -0.39 is 23.1 Å². The monoisotopic (exact) mass is 191 g/mol. The summed E-state index contributed by atoms with van der Waals surface area (Å²) in [7, 11) is 0. The van der Waals surface area contributed by atoms with Gasteiger partial charge >= 0.3 is 40.2 Å². The summed E-state index contributed by atoms with van der Waals surface area (Å²) >= 11 is -1.50. The molecule has 0 spiro atoms. The molecule has 0 saturated heterocycles. The summed E-state index contributed by atoms with van der Waals surface area (Å²) in [5.41, 5.74) is 0. The first kappa shape index (κ1) is 15.7. The van der Waals surface area contributed by atoms with Crippen molar-refractivity contribution in [2.24, 2.45) is 0 Å². The van der Waals surface area contributed by atoms with Crippen LogP contribution in [-0.4, -0.2) is 16.8 Å². The fourth-order valence-electron chi connectivity index (χ4n) is 0. The van der Waals surface area contributed by atoms with E-state index in [4.69, 9.17) is 16.8 Å². The smallest absolute Gasteiger partial charge is 0.168 e. The molecule has 0 fully saturated rings. The number of rotatable bonds is 0. The molecule has 0 amide bonds. The van der Waals surface area contributed by atoms with Crippen LogP contribution in [0.1, 0.15) is 0 Å². The Bertz CT molecular complexity index is 63.7. The van der Waals surface area contributed by atoms with E-state index in [1.165, 1.54) is 0 Å². The van der Waals surface area contributed by atoms with Crippen molar-refractivity contribution in [3.8, 4) is 0 Å². The zero-order valence-corrected chi connectivity index (χ0v) is 5.33. The van der Waals surface area contributed by atoms with Gasteiger partial charge in [-0.25, -0.2) is 0 Å². The quantitative estimate of drug-likeness (QED) is 0.445. The van der Waals surface area contributed by atoms with E-state index in [2.05, 4.69) is 0 Å². The van der Waals surface area contributed by atoms with Crippen molar-refractivity contribution in [3.05, 3.63) is 0 Å². The first-order valence-corrected chi connectivity index (χ1v) is 2.00. The Balaban J connectivity index is -0.0000000400. The molecule has 0 unspecified atom stereocenters. The fraction of sp³-hybridized carbons (Fsp3) is 0. The van der Waals surface area contributed by atoms with Crippen molar-refractivity contribution >= 4 is 23.1 Å². The summed E-state index contributed by atoms with van der Waals surface area (Å²) < 4.78 is 33.2. The average molecular weight is 192 g/mol. The van der Waals surface area contributed by atoms with Crippen molar-refractivity contribution in [1.29, 1.82) is 0 Å². The van der Waals surface area contributed by atoms with Crippen LogP contribution in [-0.2, 0) is 40.2 Å². The molecule has 0 bridgehead atoms. The van der Waals surface area contributed by atoms with Gasteiger partial charge in [-0.05, 0) is 0 Å². The zero-order chi connectivity index (χ0) is 5.41. The molecule has 0 aliphatic rings. The van der Waals surface area contributed by atoms with Gasteiger partial charge in [0.2, 0.25) is 0 Å². The summed E-state index contributed by atoms with van der Waals surface area (Å²) in [6.45, 7) is 0. The minimum Gasteiger partial charge on any atom is -0.168 e. The molecule has 0 aliphatic heterocycles. The minimum absolute atomic E-state index is 0. The average Bonchev–Trinajstić information content (AvgIpc) is 1.39. The van der Waals surface area contributed by atoms with E-state index in [1.807, 2.05) is 0 Å². The van der Waals surface area contributed by atoms with Crippen LogP contribution >= 0.6 is 0 Å². The second-order valence-electron chi connectivity index (χ2n) is 0.136. The summed E-state index contributed by atoms with van der Waals surface area (Å²) in [4.78, 5) is 0. The van der Waals surface area contributed by atoms with E-state index in [1.54, 1.807) is 0 Å². The van der Waals surface area contributed by atoms with Gasteiger partial charge in [0, 0.05) is 0 Å². The Labute approximate surface area is 57.4 Å². The van der Waals surface area contributed by atoms with Gasteiger partial charge in [0.05, 0.1) is 0 Å². The van der Waals surface area contributed by atoms with Crippen molar-refractivity contribution in [1.82, 2.24) is 0 Å². The van der Waals surface area contributed by atoms with E-state index in [9.17, 15) is 0 Å². The predicted octanol–water partition coefficient (Wildman–Crippen LogP) is -1.34. The maximum Gasteiger partial charge on any atom is 2.00 e. The maximum absolute atomic E-state index is 8.29. The Morgan fingerprint density at radius 2 is 0.714 bits per heavy atom. The fourth-order valence-corrected chi connectivity index (χ4v) is 0. The first-order chi connectivity index (χ1) is 2.83. The van der Waals surface area contributed by atoms with E-state index in [0.717, 1.165) is 0 Å². The number of hydrogen-bond donors (Lipinski definition) is 0. The van der Waals surface area contributed by atoms with Crippen molar-refractivity contribution < 1.29 is 33.9 Å². The second kappa shape index (κ2) is 35.2. The zero-order valence-electron chi connectivity index (χ0n) is 2.75. The molecule has 0 aromatic heterocycles. The Kier molecular flexibility index (Phi) is 78.9. The Morgan fingerprint density at radius 3 is 0.714 bits per heavy atom. The molecule has 0 aromatic carbocycles. The van der Waals surface area contributed by atoms with Crippen LogP contribution < -0.4 is 0 Å². The molecule has 1 radical (unpaired) electrons. The molecule has 0 atom stereocenters. The third kappa shape index (κ3) is 4190. The first-order valence-electron chi connectivity index (χ1n) is 0.667. The van der Waals surface area contributed by atoms with Gasteiger partial charge < -0.3 is 0 Å². The van der Waals surface area contributed by atoms with Crippen LogP contribution in [0.3, 0.4) is 0 Å². The standard InChI is InChI=1S/Cu.2O2S/c;2*1-3-2/q+2;;. The topological polar surface area (TPSA) is 68.3 Å². The van der Waals surface area contributed by atoms with Gasteiger partial charge in [0.25, 0.3) is 0 Å². The molecule has 0 rings (SSSR count). The molecule has 7 heavy (non-hydrogen) atoms. The van der Waals surface area contributed by atoms with Crippen molar-refractivity contribution in [3.63, 3.8) is 0 Å². The largest absolute Gasteiger partial charge is 2.00 e. The van der Waals surface area contributed by atoms with Crippen molar-refractivity contribution in [2.75, 3.05) is 0 Å². The van der Waals surface area contributed by atoms with Crippen LogP contribution in [0.25, 0.3) is 0 Å². The summed E-state index contributed by atoms with van der Waals surface area (Å²) in [5, 5.41) is 0. The summed E-state index contributed by atoms with van der Waals surface area (Å²) in [5.74, 6) is 0. The van der Waals surface area contributed by atoms with Gasteiger partial charge in [-0.3, -0.25) is 0 Å². The van der Waals surface area contributed by atoms with Gasteiger partial charge in [-0.2, -0.15) is 16.8 Å². The van der Waals surface area contributed by atoms with E-state index >= 15 is 0 Å². The van der Waals surface area contributed by atoms with Gasteiger partial charge in [-0.1, -0.05) is 0 Å². The number of hydrogen-bond acceptors (Lipinski definition) is 4. The maximum atomic E-state index is 8.29. The van der Waals surface area contributed by atoms with Crippen LogP contribution in [0.15, 0.2) is 0 Å². The van der Waals surface area contributed by atoms with Crippen LogP contribution in [0.5, 0.6) is 0 Å². The molecule has 0 aliphatic carbocycles. The molecular weight excluding hydrogens is 192 g/mol. The molecule has 0 N–H and O–H groups in total. The Hall–Kier alpha value is 0.159. The van der Waals surface area contributed by atoms with Gasteiger partial charge in [-0.15, -0.1) is 0 Å². The molecule has 45 valence electrons. The van der Waals surface area contributed by atoms with Gasteiger partial charge in [0.1, 0.15) is 0 Å². The SMILES string of the molecule is O=S=O.O=S=O.[Cu+2]. The van der Waals surface area contributed by atoms with Crippen molar-refractivity contribution in [2.45, 2.75) is 0 Å². The van der Waals surface area contributed by atoms with E-state index in [-0.39, 0.29) is 17.1 Å². The second-order valence-corrected chi connectivity index (χ2v) is 0.408. The third-order valence-electron chi connectivity index (χ3n) is 0. The van der Waals surface area contributed by atoms with Gasteiger partial charge in [0.15, 0.2) is 0 Å². The summed E-state index contributed by atoms with van der Waals surface area (Å²) in [6, 6.07) is 0. The van der Waals surface area contributed by atoms with E-state index in [0.29, 0.717) is 0 Å². The van der Waals surface area contributed by atoms with Crippen LogP contribution in [0.2, 0.25) is 0 Å². The molecule has 4 nitrogen and oxygen atoms in total. The van der Waals surface area contributed by atoms with Crippen LogP contribution in [0, 0.1) is 0 Å². The molecule has 7 heteroatoms. The molecular formula is CuO4S2+2. The molecule has 0 heterocycles. The third-order valence-corrected chi connectivity index (χ3v) is 0. The predicted molar refractivity (Wildman–Crippen MR) is 17.8 cm³/mol. The normalized spacial score (nSPS) is 3.43. The summed E-state index contributed by atoms with van der Waals surface area (Å²) in [6.07, 6.45) is 0. The minimum atomic E-state index is -0.750.